The van der Waals surface area contributed by atoms with E-state index in [0.29, 0.717) is 12.1 Å². The molecule has 0 spiro atoms. The summed E-state index contributed by atoms with van der Waals surface area (Å²) in [6.07, 6.45) is 5.02. The Bertz CT molecular complexity index is 363. The molecule has 0 radical (unpaired) electrons. The third-order valence-corrected chi connectivity index (χ3v) is 4.44. The average molecular weight is 260 g/mol. The van der Waals surface area contributed by atoms with Gasteiger partial charge in [0.15, 0.2) is 0 Å². The van der Waals surface area contributed by atoms with Crippen molar-refractivity contribution < 1.29 is 0 Å². The summed E-state index contributed by atoms with van der Waals surface area (Å²) in [5.74, 6) is 0.822. The van der Waals surface area contributed by atoms with E-state index in [1.54, 1.807) is 0 Å². The lowest BCUT2D eigenvalue weighted by Gasteiger charge is -2.43. The number of benzene rings is 1. The van der Waals surface area contributed by atoms with Crippen molar-refractivity contribution in [3.63, 3.8) is 0 Å². The Labute approximate surface area is 118 Å². The summed E-state index contributed by atoms with van der Waals surface area (Å²) in [5.41, 5.74) is 7.48. The van der Waals surface area contributed by atoms with Crippen molar-refractivity contribution >= 4 is 0 Å². The number of nitrogens with zero attached hydrogens (tertiary/aromatic N) is 1. The van der Waals surface area contributed by atoms with E-state index in [2.05, 4.69) is 49.1 Å². The topological polar surface area (TPSA) is 29.3 Å². The Balaban J connectivity index is 2.18. The zero-order valence-electron chi connectivity index (χ0n) is 12.4. The van der Waals surface area contributed by atoms with Crippen molar-refractivity contribution in [1.82, 2.24) is 4.90 Å². The third kappa shape index (κ3) is 3.58. The fourth-order valence-corrected chi connectivity index (χ4v) is 3.38. The van der Waals surface area contributed by atoms with Crippen LogP contribution in [0.15, 0.2) is 30.3 Å². The van der Waals surface area contributed by atoms with Crippen molar-refractivity contribution in [3.05, 3.63) is 35.9 Å². The maximum Gasteiger partial charge on any atom is 0.0351 e. The van der Waals surface area contributed by atoms with Crippen LogP contribution in [0.1, 0.15) is 51.1 Å². The van der Waals surface area contributed by atoms with Crippen LogP contribution in [0, 0.1) is 5.92 Å². The lowest BCUT2D eigenvalue weighted by Crippen LogP contribution is -2.47. The predicted octanol–water partition coefficient (Wildman–Crippen LogP) is 3.59. The van der Waals surface area contributed by atoms with Crippen LogP contribution in [0.2, 0.25) is 0 Å². The first kappa shape index (κ1) is 14.5. The zero-order chi connectivity index (χ0) is 13.7. The van der Waals surface area contributed by atoms with Crippen LogP contribution in [0.25, 0.3) is 0 Å². The van der Waals surface area contributed by atoms with E-state index < -0.39 is 0 Å². The highest BCUT2D eigenvalue weighted by Crippen LogP contribution is 2.33. The molecule has 1 saturated heterocycles. The largest absolute Gasteiger partial charge is 0.329 e. The van der Waals surface area contributed by atoms with Crippen molar-refractivity contribution in [2.24, 2.45) is 11.7 Å². The maximum atomic E-state index is 6.03. The molecule has 0 amide bonds. The predicted molar refractivity (Wildman–Crippen MR) is 82.0 cm³/mol. The molecular formula is C17H28N2. The summed E-state index contributed by atoms with van der Waals surface area (Å²) in [6, 6.07) is 12.1. The molecule has 1 aromatic rings. The molecule has 3 unspecified atom stereocenters. The molecule has 2 N–H and O–H groups in total. The molecule has 1 aliphatic rings. The van der Waals surface area contributed by atoms with Crippen molar-refractivity contribution in [2.75, 3.05) is 13.1 Å². The lowest BCUT2D eigenvalue weighted by molar-refractivity contribution is 0.0707. The standard InChI is InChI=1S/C17H28N2/c1-3-7-17(15-8-5-4-6-9-15)19-11-10-14(2)12-16(19)13-18/h4-6,8-9,14,16-17H,3,7,10-13,18H2,1-2H3. The highest BCUT2D eigenvalue weighted by Gasteiger charge is 2.30. The Morgan fingerprint density at radius 2 is 2.05 bits per heavy atom. The van der Waals surface area contributed by atoms with Gasteiger partial charge in [0, 0.05) is 18.6 Å². The fraction of sp³-hybridized carbons (Fsp3) is 0.647. The Kier molecular flexibility index (Phi) is 5.41. The van der Waals surface area contributed by atoms with Gasteiger partial charge in [0.2, 0.25) is 0 Å². The number of rotatable bonds is 5. The molecule has 3 atom stereocenters. The highest BCUT2D eigenvalue weighted by molar-refractivity contribution is 5.19. The number of nitrogens with two attached hydrogens (primary N) is 1. The number of hydrogen-bond donors (Lipinski definition) is 1. The van der Waals surface area contributed by atoms with E-state index in [1.165, 1.54) is 37.8 Å². The molecule has 1 aromatic carbocycles. The molecule has 0 aliphatic carbocycles. The van der Waals surface area contributed by atoms with Gasteiger partial charge >= 0.3 is 0 Å². The van der Waals surface area contributed by atoms with Crippen LogP contribution in [0.4, 0.5) is 0 Å². The maximum absolute atomic E-state index is 6.03. The summed E-state index contributed by atoms with van der Waals surface area (Å²) in [6.45, 7) is 6.62. The van der Waals surface area contributed by atoms with Crippen molar-refractivity contribution in [1.29, 1.82) is 0 Å². The smallest absolute Gasteiger partial charge is 0.0351 e. The SMILES string of the molecule is CCCC(c1ccccc1)N1CCC(C)CC1CN. The minimum Gasteiger partial charge on any atom is -0.329 e. The van der Waals surface area contributed by atoms with Crippen LogP contribution >= 0.6 is 0 Å². The summed E-state index contributed by atoms with van der Waals surface area (Å²) >= 11 is 0. The summed E-state index contributed by atoms with van der Waals surface area (Å²) in [5, 5.41) is 0. The molecule has 2 heteroatoms. The first-order chi connectivity index (χ1) is 9.26. The lowest BCUT2D eigenvalue weighted by atomic mass is 9.88. The van der Waals surface area contributed by atoms with Gasteiger partial charge in [-0.2, -0.15) is 0 Å². The van der Waals surface area contributed by atoms with Gasteiger partial charge in [-0.3, -0.25) is 4.90 Å². The Hall–Kier alpha value is -0.860. The first-order valence-corrected chi connectivity index (χ1v) is 7.77. The van der Waals surface area contributed by atoms with Gasteiger partial charge in [0.1, 0.15) is 0 Å². The Morgan fingerprint density at radius 3 is 2.68 bits per heavy atom. The molecule has 0 aromatic heterocycles. The van der Waals surface area contributed by atoms with Gasteiger partial charge in [-0.15, -0.1) is 0 Å². The van der Waals surface area contributed by atoms with Gasteiger partial charge in [-0.1, -0.05) is 50.6 Å². The summed E-state index contributed by atoms with van der Waals surface area (Å²) in [7, 11) is 0. The van der Waals surface area contributed by atoms with Crippen molar-refractivity contribution in [3.8, 4) is 0 Å². The van der Waals surface area contributed by atoms with Gasteiger partial charge in [-0.05, 0) is 37.3 Å². The first-order valence-electron chi connectivity index (χ1n) is 7.77. The molecule has 0 bridgehead atoms. The minimum atomic E-state index is 0.548. The van der Waals surface area contributed by atoms with E-state index in [4.69, 9.17) is 5.73 Å². The molecule has 1 aliphatic heterocycles. The molecule has 106 valence electrons. The third-order valence-electron chi connectivity index (χ3n) is 4.44. The molecule has 1 heterocycles. The molecular weight excluding hydrogens is 232 g/mol. The number of piperidine rings is 1. The highest BCUT2D eigenvalue weighted by atomic mass is 15.2. The van der Waals surface area contributed by atoms with Gasteiger partial charge < -0.3 is 5.73 Å². The number of hydrogen-bond acceptors (Lipinski definition) is 2. The van der Waals surface area contributed by atoms with Crippen LogP contribution in [0.5, 0.6) is 0 Å². The van der Waals surface area contributed by atoms with Crippen LogP contribution in [-0.2, 0) is 0 Å². The molecule has 0 saturated carbocycles. The van der Waals surface area contributed by atoms with E-state index in [0.717, 1.165) is 12.5 Å². The monoisotopic (exact) mass is 260 g/mol. The average Bonchev–Trinajstić information content (AvgIpc) is 2.46. The van der Waals surface area contributed by atoms with Gasteiger partial charge in [0.25, 0.3) is 0 Å². The summed E-state index contributed by atoms with van der Waals surface area (Å²) < 4.78 is 0. The van der Waals surface area contributed by atoms with Crippen LogP contribution in [0.3, 0.4) is 0 Å². The summed E-state index contributed by atoms with van der Waals surface area (Å²) in [4.78, 5) is 2.67. The van der Waals surface area contributed by atoms with Crippen molar-refractivity contribution in [2.45, 2.75) is 51.6 Å². The quantitative estimate of drug-likeness (QED) is 0.876. The second kappa shape index (κ2) is 7.06. The van der Waals surface area contributed by atoms with Crippen LogP contribution < -0.4 is 5.73 Å². The van der Waals surface area contributed by atoms with Gasteiger partial charge in [-0.25, -0.2) is 0 Å². The zero-order valence-corrected chi connectivity index (χ0v) is 12.4. The Morgan fingerprint density at radius 1 is 1.32 bits per heavy atom. The fourth-order valence-electron chi connectivity index (χ4n) is 3.38. The minimum absolute atomic E-state index is 0.548. The molecule has 1 fully saturated rings. The van der Waals surface area contributed by atoms with Gasteiger partial charge in [0.05, 0.1) is 0 Å². The normalized spacial score (nSPS) is 26.3. The van der Waals surface area contributed by atoms with E-state index in [-0.39, 0.29) is 0 Å². The molecule has 19 heavy (non-hydrogen) atoms. The van der Waals surface area contributed by atoms with Crippen LogP contribution in [-0.4, -0.2) is 24.0 Å². The molecule has 2 rings (SSSR count). The molecule has 2 nitrogen and oxygen atoms in total. The van der Waals surface area contributed by atoms with E-state index >= 15 is 0 Å². The van der Waals surface area contributed by atoms with E-state index in [9.17, 15) is 0 Å². The second-order valence-corrected chi connectivity index (χ2v) is 5.97. The second-order valence-electron chi connectivity index (χ2n) is 5.97. The van der Waals surface area contributed by atoms with E-state index in [1.807, 2.05) is 0 Å². The number of likely N-dealkylation sites (tertiary alicyclic amines) is 1.